The van der Waals surface area contributed by atoms with Crippen LogP contribution in [-0.2, 0) is 4.79 Å². The van der Waals surface area contributed by atoms with Gasteiger partial charge in [-0.15, -0.1) is 0 Å². The van der Waals surface area contributed by atoms with Gasteiger partial charge in [0.15, 0.2) is 0 Å². The van der Waals surface area contributed by atoms with Crippen molar-refractivity contribution in [1.82, 2.24) is 5.32 Å². The molecule has 0 heterocycles. The van der Waals surface area contributed by atoms with E-state index in [1.807, 2.05) is 0 Å². The number of carboxylic acid groups (broad SMARTS) is 1. The molecule has 0 saturated carbocycles. The largest absolute Gasteiger partial charge is 0.481 e. The van der Waals surface area contributed by atoms with E-state index in [2.05, 4.69) is 5.32 Å². The van der Waals surface area contributed by atoms with Crippen molar-refractivity contribution >= 4 is 11.7 Å². The molecule has 0 amide bonds. The fourth-order valence-electron chi connectivity index (χ4n) is 1.60. The minimum Gasteiger partial charge on any atom is -0.481 e. The lowest BCUT2D eigenvalue weighted by molar-refractivity contribution is -0.387. The van der Waals surface area contributed by atoms with Crippen molar-refractivity contribution in [2.75, 3.05) is 13.1 Å². The second-order valence-electron chi connectivity index (χ2n) is 4.19. The van der Waals surface area contributed by atoms with Gasteiger partial charge >= 0.3 is 11.7 Å². The van der Waals surface area contributed by atoms with Crippen molar-refractivity contribution in [3.63, 3.8) is 0 Å². The number of carboxylic acids is 1. The van der Waals surface area contributed by atoms with Crippen LogP contribution in [-0.4, -0.2) is 34.2 Å². The molecule has 3 N–H and O–H groups in total. The SMILES string of the molecule is O=C(O)CCCNCC(O)c1ccc(F)c([N+](=O)[O-])c1. The van der Waals surface area contributed by atoms with Gasteiger partial charge in [0.2, 0.25) is 5.82 Å². The summed E-state index contributed by atoms with van der Waals surface area (Å²) in [5, 5.41) is 31.6. The molecule has 0 aliphatic rings. The van der Waals surface area contributed by atoms with Gasteiger partial charge in [0.1, 0.15) is 0 Å². The number of halogens is 1. The van der Waals surface area contributed by atoms with Crippen LogP contribution in [0, 0.1) is 15.9 Å². The van der Waals surface area contributed by atoms with Crippen LogP contribution in [0.3, 0.4) is 0 Å². The molecule has 0 saturated heterocycles. The molecule has 0 aromatic heterocycles. The third-order valence-electron chi connectivity index (χ3n) is 2.63. The Labute approximate surface area is 114 Å². The zero-order valence-corrected chi connectivity index (χ0v) is 10.6. The molecule has 20 heavy (non-hydrogen) atoms. The van der Waals surface area contributed by atoms with Crippen molar-refractivity contribution in [1.29, 1.82) is 0 Å². The smallest absolute Gasteiger partial charge is 0.305 e. The van der Waals surface area contributed by atoms with Gasteiger partial charge in [-0.1, -0.05) is 6.07 Å². The van der Waals surface area contributed by atoms with Crippen molar-refractivity contribution in [3.8, 4) is 0 Å². The number of aliphatic hydroxyl groups excluding tert-OH is 1. The number of hydrogen-bond donors (Lipinski definition) is 3. The maximum atomic E-state index is 13.1. The quantitative estimate of drug-likeness (QED) is 0.376. The molecule has 1 aromatic rings. The average Bonchev–Trinajstić information content (AvgIpc) is 2.37. The van der Waals surface area contributed by atoms with Crippen molar-refractivity contribution in [2.45, 2.75) is 18.9 Å². The number of carbonyl (C=O) groups is 1. The second kappa shape index (κ2) is 7.51. The highest BCUT2D eigenvalue weighted by Crippen LogP contribution is 2.22. The summed E-state index contributed by atoms with van der Waals surface area (Å²) in [6.45, 7) is 0.495. The summed E-state index contributed by atoms with van der Waals surface area (Å²) in [6.07, 6.45) is -0.601. The first-order valence-corrected chi connectivity index (χ1v) is 5.96. The van der Waals surface area contributed by atoms with Gasteiger partial charge in [-0.25, -0.2) is 0 Å². The summed E-state index contributed by atoms with van der Waals surface area (Å²) in [5.74, 6) is -1.86. The molecule has 1 rings (SSSR count). The summed E-state index contributed by atoms with van der Waals surface area (Å²) in [6, 6.07) is 3.19. The normalized spacial score (nSPS) is 12.1. The summed E-state index contributed by atoms with van der Waals surface area (Å²) in [7, 11) is 0. The third kappa shape index (κ3) is 4.90. The molecule has 0 spiro atoms. The molecule has 0 aliphatic heterocycles. The molecule has 1 aromatic carbocycles. The highest BCUT2D eigenvalue weighted by Gasteiger charge is 2.17. The van der Waals surface area contributed by atoms with Crippen LogP contribution in [0.4, 0.5) is 10.1 Å². The first-order chi connectivity index (χ1) is 9.41. The molecule has 0 bridgehead atoms. The fraction of sp³-hybridized carbons (Fsp3) is 0.417. The molecule has 0 fully saturated rings. The van der Waals surface area contributed by atoms with E-state index in [1.54, 1.807) is 0 Å². The summed E-state index contributed by atoms with van der Waals surface area (Å²) in [4.78, 5) is 20.0. The lowest BCUT2D eigenvalue weighted by Crippen LogP contribution is -2.23. The highest BCUT2D eigenvalue weighted by molar-refractivity contribution is 5.66. The fourth-order valence-corrected chi connectivity index (χ4v) is 1.60. The second-order valence-corrected chi connectivity index (χ2v) is 4.19. The zero-order chi connectivity index (χ0) is 15.1. The predicted octanol–water partition coefficient (Wildman–Crippen LogP) is 1.22. The first kappa shape index (κ1) is 16.0. The van der Waals surface area contributed by atoms with Gasteiger partial charge in [0, 0.05) is 19.0 Å². The Hall–Kier alpha value is -2.06. The van der Waals surface area contributed by atoms with Crippen LogP contribution < -0.4 is 5.32 Å². The van der Waals surface area contributed by atoms with Gasteiger partial charge in [0.25, 0.3) is 0 Å². The summed E-state index contributed by atoms with van der Waals surface area (Å²) in [5.41, 5.74) is -0.462. The Kier molecular flexibility index (Phi) is 6.01. The van der Waals surface area contributed by atoms with Crippen LogP contribution in [0.1, 0.15) is 24.5 Å². The molecule has 0 aliphatic carbocycles. The first-order valence-electron chi connectivity index (χ1n) is 5.96. The monoisotopic (exact) mass is 286 g/mol. The van der Waals surface area contributed by atoms with Crippen molar-refractivity contribution in [2.24, 2.45) is 0 Å². The summed E-state index contributed by atoms with van der Waals surface area (Å²) < 4.78 is 13.1. The van der Waals surface area contributed by atoms with Gasteiger partial charge in [0.05, 0.1) is 11.0 Å². The maximum absolute atomic E-state index is 13.1. The average molecular weight is 286 g/mol. The van der Waals surface area contributed by atoms with Crippen LogP contribution in [0.5, 0.6) is 0 Å². The Morgan fingerprint density at radius 1 is 1.50 bits per heavy atom. The molecular formula is C12H15FN2O5. The highest BCUT2D eigenvalue weighted by atomic mass is 19.1. The van der Waals surface area contributed by atoms with Crippen LogP contribution in [0.25, 0.3) is 0 Å². The molecule has 0 radical (unpaired) electrons. The van der Waals surface area contributed by atoms with Crippen molar-refractivity contribution in [3.05, 3.63) is 39.7 Å². The number of nitro benzene ring substituents is 1. The van der Waals surface area contributed by atoms with Crippen molar-refractivity contribution < 1.29 is 24.3 Å². The van der Waals surface area contributed by atoms with Crippen LogP contribution in [0.15, 0.2) is 18.2 Å². The maximum Gasteiger partial charge on any atom is 0.305 e. The Bertz CT molecular complexity index is 495. The molecule has 110 valence electrons. The molecule has 8 heteroatoms. The zero-order valence-electron chi connectivity index (χ0n) is 10.6. The van der Waals surface area contributed by atoms with Crippen LogP contribution >= 0.6 is 0 Å². The Morgan fingerprint density at radius 3 is 2.80 bits per heavy atom. The van der Waals surface area contributed by atoms with Gasteiger partial charge < -0.3 is 15.5 Å². The standard InChI is InChI=1S/C12H15FN2O5/c13-9-4-3-8(6-10(9)15(19)20)11(16)7-14-5-1-2-12(17)18/h3-4,6,11,14,16H,1-2,5,7H2,(H,17,18). The van der Waals surface area contributed by atoms with E-state index in [4.69, 9.17) is 5.11 Å². The topological polar surface area (TPSA) is 113 Å². The summed E-state index contributed by atoms with van der Waals surface area (Å²) >= 11 is 0. The molecule has 1 atom stereocenters. The Balaban J connectivity index is 2.51. The lowest BCUT2D eigenvalue weighted by atomic mass is 10.1. The van der Waals surface area contributed by atoms with E-state index in [-0.39, 0.29) is 18.5 Å². The van der Waals surface area contributed by atoms with Gasteiger partial charge in [-0.3, -0.25) is 14.9 Å². The Morgan fingerprint density at radius 2 is 2.20 bits per heavy atom. The molecule has 7 nitrogen and oxygen atoms in total. The molecule has 1 unspecified atom stereocenters. The number of aliphatic hydroxyl groups is 1. The number of benzene rings is 1. The van der Waals surface area contributed by atoms with E-state index in [9.17, 15) is 24.4 Å². The number of rotatable bonds is 8. The predicted molar refractivity (Wildman–Crippen MR) is 67.8 cm³/mol. The molecular weight excluding hydrogens is 271 g/mol. The van der Waals surface area contributed by atoms with E-state index in [1.165, 1.54) is 6.07 Å². The van der Waals surface area contributed by atoms with E-state index < -0.39 is 28.5 Å². The number of nitro groups is 1. The number of nitrogens with zero attached hydrogens (tertiary/aromatic N) is 1. The third-order valence-corrected chi connectivity index (χ3v) is 2.63. The minimum absolute atomic E-state index is 0.0190. The lowest BCUT2D eigenvalue weighted by Gasteiger charge is -2.12. The number of hydrogen-bond acceptors (Lipinski definition) is 5. The van der Waals surface area contributed by atoms with Crippen LogP contribution in [0.2, 0.25) is 0 Å². The number of aliphatic carboxylic acids is 1. The van der Waals surface area contributed by atoms with Gasteiger partial charge in [-0.2, -0.15) is 4.39 Å². The number of nitrogens with one attached hydrogen (secondary N) is 1. The van der Waals surface area contributed by atoms with E-state index >= 15 is 0 Å². The van der Waals surface area contributed by atoms with Gasteiger partial charge in [-0.05, 0) is 24.6 Å². The van der Waals surface area contributed by atoms with E-state index in [0.717, 1.165) is 12.1 Å². The minimum atomic E-state index is -1.03. The van der Waals surface area contributed by atoms with E-state index in [0.29, 0.717) is 13.0 Å².